The zero-order valence-corrected chi connectivity index (χ0v) is 16.2. The fraction of sp³-hybridized carbons (Fsp3) is 0.273. The number of piperazine rings is 1. The Morgan fingerprint density at radius 3 is 2.32 bits per heavy atom. The predicted octanol–water partition coefficient (Wildman–Crippen LogP) is 3.04. The van der Waals surface area contributed by atoms with E-state index in [9.17, 15) is 4.79 Å². The Kier molecular flexibility index (Phi) is 5.02. The van der Waals surface area contributed by atoms with Crippen molar-refractivity contribution in [2.75, 3.05) is 31.6 Å². The molecule has 0 bridgehead atoms. The highest BCUT2D eigenvalue weighted by Gasteiger charge is 2.24. The Morgan fingerprint density at radius 2 is 1.71 bits per heavy atom. The largest absolute Gasteiger partial charge is 0.497 e. The molecule has 1 aliphatic rings. The number of hydrogen-bond acceptors (Lipinski definition) is 4. The van der Waals surface area contributed by atoms with Crippen molar-refractivity contribution in [3.63, 3.8) is 0 Å². The third-order valence-corrected chi connectivity index (χ3v) is 5.08. The summed E-state index contributed by atoms with van der Waals surface area (Å²) in [4.78, 5) is 21.0. The van der Waals surface area contributed by atoms with Gasteiger partial charge in [-0.25, -0.2) is 4.98 Å². The lowest BCUT2D eigenvalue weighted by molar-refractivity contribution is -0.131. The number of ether oxygens (including phenoxy) is 1. The van der Waals surface area contributed by atoms with Gasteiger partial charge in [-0.05, 0) is 48.9 Å². The molecule has 2 aromatic carbocycles. The number of methoxy groups -OCH3 is 1. The molecule has 2 heterocycles. The smallest absolute Gasteiger partial charge is 0.242 e. The molecule has 0 atom stereocenters. The van der Waals surface area contributed by atoms with E-state index in [4.69, 9.17) is 4.74 Å². The van der Waals surface area contributed by atoms with Crippen LogP contribution in [0.15, 0.2) is 61.1 Å². The summed E-state index contributed by atoms with van der Waals surface area (Å²) in [7, 11) is 1.65. The number of carbonyl (C=O) groups is 1. The lowest BCUT2D eigenvalue weighted by Crippen LogP contribution is -2.50. The van der Waals surface area contributed by atoms with Gasteiger partial charge in [0.15, 0.2) is 0 Å². The van der Waals surface area contributed by atoms with Crippen molar-refractivity contribution in [3.05, 3.63) is 72.3 Å². The number of aromatic nitrogens is 2. The first-order valence-electron chi connectivity index (χ1n) is 9.39. The molecule has 6 nitrogen and oxygen atoms in total. The fourth-order valence-corrected chi connectivity index (χ4v) is 3.45. The molecule has 144 valence electrons. The highest BCUT2D eigenvalue weighted by Crippen LogP contribution is 2.21. The van der Waals surface area contributed by atoms with E-state index in [2.05, 4.69) is 34.1 Å². The lowest BCUT2D eigenvalue weighted by atomic mass is 10.1. The standard InChI is InChI=1S/C22H24N4O2/c1-17-13-26(16-23-17)20-7-5-19(6-8-20)24-11-12-25(22(27)15-24)14-18-3-9-21(28-2)10-4-18/h3-10,13,16H,11-12,14-15H2,1-2H3. The molecule has 1 fully saturated rings. The third-order valence-electron chi connectivity index (χ3n) is 5.08. The number of hydrogen-bond donors (Lipinski definition) is 0. The summed E-state index contributed by atoms with van der Waals surface area (Å²) in [5.41, 5.74) is 4.23. The number of nitrogens with zero attached hydrogens (tertiary/aromatic N) is 4. The van der Waals surface area contributed by atoms with Crippen LogP contribution in [0.5, 0.6) is 5.75 Å². The van der Waals surface area contributed by atoms with Gasteiger partial charge < -0.3 is 19.1 Å². The molecule has 4 rings (SSSR count). The highest BCUT2D eigenvalue weighted by molar-refractivity contribution is 5.83. The molecule has 0 radical (unpaired) electrons. The minimum absolute atomic E-state index is 0.149. The molecule has 1 aromatic heterocycles. The third kappa shape index (κ3) is 3.86. The Bertz CT molecular complexity index is 947. The summed E-state index contributed by atoms with van der Waals surface area (Å²) in [6, 6.07) is 16.1. The molecule has 6 heteroatoms. The minimum atomic E-state index is 0.149. The van der Waals surface area contributed by atoms with Crippen LogP contribution in [0.3, 0.4) is 0 Å². The number of imidazole rings is 1. The van der Waals surface area contributed by atoms with E-state index in [1.165, 1.54) is 0 Å². The lowest BCUT2D eigenvalue weighted by Gasteiger charge is -2.35. The molecule has 0 aliphatic carbocycles. The van der Waals surface area contributed by atoms with E-state index in [-0.39, 0.29) is 5.91 Å². The van der Waals surface area contributed by atoms with Crippen molar-refractivity contribution in [2.45, 2.75) is 13.5 Å². The molecule has 3 aromatic rings. The quantitative estimate of drug-likeness (QED) is 0.687. The fourth-order valence-electron chi connectivity index (χ4n) is 3.45. The van der Waals surface area contributed by atoms with Crippen molar-refractivity contribution >= 4 is 11.6 Å². The minimum Gasteiger partial charge on any atom is -0.497 e. The summed E-state index contributed by atoms with van der Waals surface area (Å²) in [5.74, 6) is 0.977. The zero-order chi connectivity index (χ0) is 19.5. The van der Waals surface area contributed by atoms with Gasteiger partial charge in [0.2, 0.25) is 5.91 Å². The van der Waals surface area contributed by atoms with E-state index in [1.807, 2.05) is 53.2 Å². The van der Waals surface area contributed by atoms with Crippen molar-refractivity contribution in [3.8, 4) is 11.4 Å². The number of aryl methyl sites for hydroxylation is 1. The second-order valence-corrected chi connectivity index (χ2v) is 7.02. The number of carbonyl (C=O) groups excluding carboxylic acids is 1. The van der Waals surface area contributed by atoms with Crippen LogP contribution in [0.2, 0.25) is 0 Å². The molecule has 0 unspecified atom stereocenters. The Balaban J connectivity index is 1.38. The van der Waals surface area contributed by atoms with Gasteiger partial charge in [-0.1, -0.05) is 12.1 Å². The van der Waals surface area contributed by atoms with Crippen LogP contribution in [0, 0.1) is 6.92 Å². The van der Waals surface area contributed by atoms with E-state index >= 15 is 0 Å². The Morgan fingerprint density at radius 1 is 1.00 bits per heavy atom. The van der Waals surface area contributed by atoms with Crippen LogP contribution >= 0.6 is 0 Å². The molecule has 1 saturated heterocycles. The van der Waals surface area contributed by atoms with Crippen molar-refractivity contribution in [1.82, 2.24) is 14.5 Å². The Hall–Kier alpha value is -3.28. The predicted molar refractivity (Wildman–Crippen MR) is 109 cm³/mol. The normalized spacial score (nSPS) is 14.4. The van der Waals surface area contributed by atoms with Crippen molar-refractivity contribution in [1.29, 1.82) is 0 Å². The van der Waals surface area contributed by atoms with Gasteiger partial charge >= 0.3 is 0 Å². The maximum atomic E-state index is 12.6. The van der Waals surface area contributed by atoms with E-state index < -0.39 is 0 Å². The first-order chi connectivity index (χ1) is 13.6. The number of anilines is 1. The molecule has 1 aliphatic heterocycles. The average molecular weight is 376 g/mol. The summed E-state index contributed by atoms with van der Waals surface area (Å²) in [5, 5.41) is 0. The molecule has 0 N–H and O–H groups in total. The van der Waals surface area contributed by atoms with Crippen molar-refractivity contribution < 1.29 is 9.53 Å². The van der Waals surface area contributed by atoms with E-state index in [0.717, 1.165) is 34.9 Å². The van der Waals surface area contributed by atoms with Crippen LogP contribution in [-0.4, -0.2) is 47.1 Å². The van der Waals surface area contributed by atoms with Crippen LogP contribution in [0.1, 0.15) is 11.3 Å². The topological polar surface area (TPSA) is 50.6 Å². The summed E-state index contributed by atoms with van der Waals surface area (Å²) >= 11 is 0. The molecule has 0 saturated carbocycles. The molecular formula is C22H24N4O2. The molecule has 0 spiro atoms. The van der Waals surface area contributed by atoms with Gasteiger partial charge in [-0.3, -0.25) is 4.79 Å². The molecular weight excluding hydrogens is 352 g/mol. The van der Waals surface area contributed by atoms with Crippen LogP contribution in [-0.2, 0) is 11.3 Å². The second kappa shape index (κ2) is 7.76. The van der Waals surface area contributed by atoms with Crippen LogP contribution in [0.25, 0.3) is 5.69 Å². The summed E-state index contributed by atoms with van der Waals surface area (Å²) in [6.07, 6.45) is 3.81. The Labute approximate surface area is 165 Å². The number of benzene rings is 2. The maximum absolute atomic E-state index is 12.6. The van der Waals surface area contributed by atoms with E-state index in [1.54, 1.807) is 7.11 Å². The first-order valence-corrected chi connectivity index (χ1v) is 9.39. The average Bonchev–Trinajstić information content (AvgIpc) is 3.16. The summed E-state index contributed by atoms with van der Waals surface area (Å²) in [6.45, 7) is 4.55. The monoisotopic (exact) mass is 376 g/mol. The van der Waals surface area contributed by atoms with Crippen molar-refractivity contribution in [2.24, 2.45) is 0 Å². The molecule has 28 heavy (non-hydrogen) atoms. The summed E-state index contributed by atoms with van der Waals surface area (Å²) < 4.78 is 7.19. The van der Waals surface area contributed by atoms with Crippen LogP contribution in [0.4, 0.5) is 5.69 Å². The van der Waals surface area contributed by atoms with Gasteiger partial charge in [0.25, 0.3) is 0 Å². The highest BCUT2D eigenvalue weighted by atomic mass is 16.5. The van der Waals surface area contributed by atoms with Gasteiger partial charge in [-0.2, -0.15) is 0 Å². The van der Waals surface area contributed by atoms with Gasteiger partial charge in [0.05, 0.1) is 25.7 Å². The maximum Gasteiger partial charge on any atom is 0.242 e. The van der Waals surface area contributed by atoms with E-state index in [0.29, 0.717) is 19.6 Å². The second-order valence-electron chi connectivity index (χ2n) is 7.02. The number of rotatable bonds is 5. The first kappa shape index (κ1) is 18.1. The van der Waals surface area contributed by atoms with Crippen LogP contribution < -0.4 is 9.64 Å². The number of amides is 1. The zero-order valence-electron chi connectivity index (χ0n) is 16.2. The SMILES string of the molecule is COc1ccc(CN2CCN(c3ccc(-n4cnc(C)c4)cc3)CC2=O)cc1. The van der Waals surface area contributed by atoms with Gasteiger partial charge in [-0.15, -0.1) is 0 Å². The molecule has 1 amide bonds. The van der Waals surface area contributed by atoms with Gasteiger partial charge in [0, 0.05) is 37.2 Å². The van der Waals surface area contributed by atoms with Gasteiger partial charge in [0.1, 0.15) is 5.75 Å².